The van der Waals surface area contributed by atoms with Crippen LogP contribution >= 0.6 is 11.8 Å². The van der Waals surface area contributed by atoms with Crippen molar-refractivity contribution in [3.63, 3.8) is 0 Å². The molecule has 18 heavy (non-hydrogen) atoms. The Bertz CT molecular complexity index is 211. The summed E-state index contributed by atoms with van der Waals surface area (Å²) in [5, 5.41) is 3.77. The summed E-state index contributed by atoms with van der Waals surface area (Å²) in [6, 6.07) is 1.51. The molecule has 0 aromatic rings. The highest BCUT2D eigenvalue weighted by atomic mass is 32.2. The monoisotopic (exact) mass is 272 g/mol. The summed E-state index contributed by atoms with van der Waals surface area (Å²) in [5.41, 5.74) is 0. The molecule has 0 aromatic heterocycles. The fourth-order valence-corrected chi connectivity index (χ4v) is 3.85. The molecule has 108 valence electrons. The van der Waals surface area contributed by atoms with Gasteiger partial charge >= 0.3 is 0 Å². The van der Waals surface area contributed by atoms with Crippen LogP contribution in [0.15, 0.2) is 0 Å². The highest BCUT2D eigenvalue weighted by Gasteiger charge is 2.20. The summed E-state index contributed by atoms with van der Waals surface area (Å²) < 4.78 is 0. The van der Waals surface area contributed by atoms with E-state index in [0.29, 0.717) is 0 Å². The Kier molecular flexibility index (Phi) is 8.36. The van der Waals surface area contributed by atoms with Crippen molar-refractivity contribution in [3.8, 4) is 0 Å². The quantitative estimate of drug-likeness (QED) is 0.730. The third-order valence-electron chi connectivity index (χ3n) is 4.44. The van der Waals surface area contributed by atoms with Gasteiger partial charge in [-0.15, -0.1) is 0 Å². The lowest BCUT2D eigenvalue weighted by Gasteiger charge is -2.32. The van der Waals surface area contributed by atoms with Crippen LogP contribution in [-0.2, 0) is 0 Å². The van der Waals surface area contributed by atoms with Gasteiger partial charge in [-0.05, 0) is 38.5 Å². The van der Waals surface area contributed by atoms with Gasteiger partial charge in [-0.3, -0.25) is 0 Å². The molecule has 0 amide bonds. The van der Waals surface area contributed by atoms with E-state index < -0.39 is 0 Å². The zero-order valence-electron chi connectivity index (χ0n) is 12.7. The summed E-state index contributed by atoms with van der Waals surface area (Å²) in [6.45, 7) is 7.04. The van der Waals surface area contributed by atoms with Crippen molar-refractivity contribution in [3.05, 3.63) is 0 Å². The minimum absolute atomic E-state index is 0.741. The predicted octanol–water partition coefficient (Wildman–Crippen LogP) is 3.23. The second kappa shape index (κ2) is 9.22. The lowest BCUT2D eigenvalue weighted by molar-refractivity contribution is 0.231. The molecule has 0 radical (unpaired) electrons. The van der Waals surface area contributed by atoms with Crippen LogP contribution in [0.4, 0.5) is 0 Å². The lowest BCUT2D eigenvalue weighted by Crippen LogP contribution is -2.43. The fraction of sp³-hybridized carbons (Fsp3) is 1.00. The van der Waals surface area contributed by atoms with Crippen molar-refractivity contribution in [1.29, 1.82) is 0 Å². The number of hydrogen-bond acceptors (Lipinski definition) is 3. The van der Waals surface area contributed by atoms with Crippen LogP contribution in [0.2, 0.25) is 0 Å². The number of thioether (sulfide) groups is 1. The van der Waals surface area contributed by atoms with Crippen LogP contribution in [0.5, 0.6) is 0 Å². The van der Waals surface area contributed by atoms with Crippen molar-refractivity contribution in [2.24, 2.45) is 5.92 Å². The summed E-state index contributed by atoms with van der Waals surface area (Å²) in [7, 11) is 2.27. The third kappa shape index (κ3) is 5.50. The van der Waals surface area contributed by atoms with E-state index in [0.717, 1.165) is 24.5 Å². The average Bonchev–Trinajstić information content (AvgIpc) is 2.38. The molecule has 0 spiro atoms. The summed E-state index contributed by atoms with van der Waals surface area (Å²) >= 11 is 1.96. The van der Waals surface area contributed by atoms with Gasteiger partial charge in [0.1, 0.15) is 0 Å². The second-order valence-corrected chi connectivity index (χ2v) is 6.73. The van der Waals surface area contributed by atoms with Crippen molar-refractivity contribution in [2.45, 2.75) is 58.0 Å². The summed E-state index contributed by atoms with van der Waals surface area (Å²) in [4.78, 5) is 2.52. The van der Waals surface area contributed by atoms with Gasteiger partial charge in [0.05, 0.1) is 0 Å². The highest BCUT2D eigenvalue weighted by Crippen LogP contribution is 2.23. The minimum Gasteiger partial charge on any atom is -0.312 e. The molecule has 3 atom stereocenters. The van der Waals surface area contributed by atoms with Crippen molar-refractivity contribution in [2.75, 3.05) is 32.1 Å². The van der Waals surface area contributed by atoms with Crippen LogP contribution < -0.4 is 5.32 Å². The van der Waals surface area contributed by atoms with Crippen molar-refractivity contribution < 1.29 is 0 Å². The van der Waals surface area contributed by atoms with Crippen LogP contribution in [0.1, 0.15) is 46.0 Å². The molecule has 1 aliphatic carbocycles. The lowest BCUT2D eigenvalue weighted by atomic mass is 9.86. The van der Waals surface area contributed by atoms with E-state index in [2.05, 4.69) is 37.4 Å². The van der Waals surface area contributed by atoms with Gasteiger partial charge in [0, 0.05) is 30.9 Å². The molecule has 0 bridgehead atoms. The normalized spacial score (nSPS) is 26.5. The van der Waals surface area contributed by atoms with Crippen LogP contribution in [0.3, 0.4) is 0 Å². The van der Waals surface area contributed by atoms with Gasteiger partial charge in [-0.1, -0.05) is 26.7 Å². The van der Waals surface area contributed by atoms with Crippen LogP contribution in [0, 0.1) is 5.92 Å². The Hall–Kier alpha value is 0.270. The first-order chi connectivity index (χ1) is 8.69. The third-order valence-corrected chi connectivity index (χ3v) is 5.15. The largest absolute Gasteiger partial charge is 0.312 e. The molecule has 1 fully saturated rings. The Labute approximate surface area is 118 Å². The molecule has 2 nitrogen and oxygen atoms in total. The molecule has 0 heterocycles. The van der Waals surface area contributed by atoms with Gasteiger partial charge in [0.25, 0.3) is 0 Å². The molecule has 3 heteroatoms. The number of hydrogen-bond donors (Lipinski definition) is 1. The molecular formula is C15H32N2S. The van der Waals surface area contributed by atoms with E-state index in [1.165, 1.54) is 44.4 Å². The highest BCUT2D eigenvalue weighted by molar-refractivity contribution is 7.98. The van der Waals surface area contributed by atoms with Crippen molar-refractivity contribution in [1.82, 2.24) is 10.2 Å². The molecule has 3 unspecified atom stereocenters. The maximum absolute atomic E-state index is 3.77. The number of likely N-dealkylation sites (N-methyl/N-ethyl adjacent to an activating group) is 1. The van der Waals surface area contributed by atoms with Gasteiger partial charge in [0.2, 0.25) is 0 Å². The molecular weight excluding hydrogens is 240 g/mol. The Balaban J connectivity index is 2.19. The molecule has 1 N–H and O–H groups in total. The zero-order valence-corrected chi connectivity index (χ0v) is 13.6. The molecule has 1 aliphatic rings. The minimum atomic E-state index is 0.741. The Morgan fingerprint density at radius 1 is 1.33 bits per heavy atom. The van der Waals surface area contributed by atoms with Crippen molar-refractivity contribution >= 4 is 11.8 Å². The first-order valence-corrected chi connectivity index (χ1v) is 9.01. The molecule has 1 saturated carbocycles. The first-order valence-electron chi connectivity index (χ1n) is 7.61. The number of nitrogens with one attached hydrogen (secondary N) is 1. The standard InChI is InChI=1S/C15H32N2S/c1-5-14(12-18-4)17(3)11-10-16-15-9-7-6-8-13(15)2/h13-16H,5-12H2,1-4H3. The maximum Gasteiger partial charge on any atom is 0.0181 e. The number of rotatable bonds is 8. The maximum atomic E-state index is 3.77. The SMILES string of the molecule is CCC(CSC)N(C)CCNC1CCCCC1C. The van der Waals surface area contributed by atoms with E-state index in [9.17, 15) is 0 Å². The van der Waals surface area contributed by atoms with E-state index in [1.807, 2.05) is 11.8 Å². The molecule has 0 aromatic carbocycles. The van der Waals surface area contributed by atoms with E-state index in [1.54, 1.807) is 0 Å². The van der Waals surface area contributed by atoms with E-state index in [-0.39, 0.29) is 0 Å². The topological polar surface area (TPSA) is 15.3 Å². The summed E-state index contributed by atoms with van der Waals surface area (Å²) in [5.74, 6) is 2.13. The van der Waals surface area contributed by atoms with Gasteiger partial charge in [-0.25, -0.2) is 0 Å². The first kappa shape index (κ1) is 16.3. The van der Waals surface area contributed by atoms with Crippen LogP contribution in [-0.4, -0.2) is 49.1 Å². The van der Waals surface area contributed by atoms with Crippen LogP contribution in [0.25, 0.3) is 0 Å². The van der Waals surface area contributed by atoms with Gasteiger partial charge in [0.15, 0.2) is 0 Å². The second-order valence-electron chi connectivity index (χ2n) is 5.82. The van der Waals surface area contributed by atoms with E-state index >= 15 is 0 Å². The zero-order chi connectivity index (χ0) is 13.4. The molecule has 0 saturated heterocycles. The Morgan fingerprint density at radius 3 is 2.67 bits per heavy atom. The predicted molar refractivity (Wildman–Crippen MR) is 84.5 cm³/mol. The van der Waals surface area contributed by atoms with E-state index in [4.69, 9.17) is 0 Å². The number of nitrogens with zero attached hydrogens (tertiary/aromatic N) is 1. The fourth-order valence-electron chi connectivity index (χ4n) is 2.98. The summed E-state index contributed by atoms with van der Waals surface area (Å²) in [6.07, 6.45) is 9.12. The molecule has 1 rings (SSSR count). The van der Waals surface area contributed by atoms with Gasteiger partial charge in [-0.2, -0.15) is 11.8 Å². The van der Waals surface area contributed by atoms with Gasteiger partial charge < -0.3 is 10.2 Å². The smallest absolute Gasteiger partial charge is 0.0181 e. The average molecular weight is 273 g/mol. The molecule has 0 aliphatic heterocycles. The Morgan fingerprint density at radius 2 is 2.06 bits per heavy atom.